The number of fused-ring (bicyclic) bond motifs is 4. The maximum absolute atomic E-state index is 6.48. The van der Waals surface area contributed by atoms with Gasteiger partial charge in [0, 0.05) is 17.2 Å². The summed E-state index contributed by atoms with van der Waals surface area (Å²) in [5, 5.41) is 4.24. The molecule has 0 aliphatic carbocycles. The highest BCUT2D eigenvalue weighted by Crippen LogP contribution is 2.48. The first kappa shape index (κ1) is 14.5. The molecule has 0 aromatic heterocycles. The van der Waals surface area contributed by atoms with Gasteiger partial charge in [0.1, 0.15) is 5.75 Å². The van der Waals surface area contributed by atoms with Gasteiger partial charge in [-0.15, -0.1) is 0 Å². The van der Waals surface area contributed by atoms with Crippen molar-refractivity contribution in [3.05, 3.63) is 59.7 Å². The third-order valence-corrected chi connectivity index (χ3v) is 5.40. The van der Waals surface area contributed by atoms with E-state index in [-0.39, 0.29) is 12.0 Å². The zero-order chi connectivity index (χ0) is 16.2. The van der Waals surface area contributed by atoms with E-state index in [2.05, 4.69) is 67.4 Å². The van der Waals surface area contributed by atoms with E-state index in [0.29, 0.717) is 0 Å². The zero-order valence-corrected chi connectivity index (χ0v) is 14.4. The van der Waals surface area contributed by atoms with Crippen LogP contribution in [0.5, 0.6) is 5.75 Å². The summed E-state index contributed by atoms with van der Waals surface area (Å²) in [4.78, 5) is 2.12. The number of hydrogen-bond donors (Lipinski definition) is 1. The van der Waals surface area contributed by atoms with Gasteiger partial charge in [0.2, 0.25) is 0 Å². The van der Waals surface area contributed by atoms with Crippen LogP contribution in [0.3, 0.4) is 0 Å². The summed E-state index contributed by atoms with van der Waals surface area (Å²) in [5.41, 5.74) is 2.95. The SMILES string of the molecule is Cc1cccc(N2C(=S)N[C@H]3c4ccccc4O[C@]2(C)[C@@H]3C)c1. The second-order valence-corrected chi connectivity index (χ2v) is 6.97. The van der Waals surface area contributed by atoms with Crippen molar-refractivity contribution in [2.45, 2.75) is 32.5 Å². The molecule has 0 radical (unpaired) electrons. The van der Waals surface area contributed by atoms with Gasteiger partial charge in [0.05, 0.1) is 6.04 Å². The highest BCUT2D eigenvalue weighted by molar-refractivity contribution is 7.80. The second-order valence-electron chi connectivity index (χ2n) is 6.58. The molecule has 2 aromatic carbocycles. The van der Waals surface area contributed by atoms with E-state index in [4.69, 9.17) is 17.0 Å². The van der Waals surface area contributed by atoms with Gasteiger partial charge < -0.3 is 10.1 Å². The van der Waals surface area contributed by atoms with Crippen molar-refractivity contribution in [2.75, 3.05) is 4.90 Å². The molecule has 3 atom stereocenters. The molecule has 2 aliphatic rings. The van der Waals surface area contributed by atoms with Crippen LogP contribution in [0.25, 0.3) is 0 Å². The lowest BCUT2D eigenvalue weighted by atomic mass is 9.80. The van der Waals surface area contributed by atoms with Crippen LogP contribution in [0.15, 0.2) is 48.5 Å². The van der Waals surface area contributed by atoms with Crippen LogP contribution in [0.2, 0.25) is 0 Å². The van der Waals surface area contributed by atoms with Crippen molar-refractivity contribution in [2.24, 2.45) is 5.92 Å². The minimum atomic E-state index is -0.505. The highest BCUT2D eigenvalue weighted by Gasteiger charge is 2.53. The van der Waals surface area contributed by atoms with Crippen LogP contribution in [-0.4, -0.2) is 10.8 Å². The Bertz CT molecular complexity index is 790. The molecule has 3 nitrogen and oxygen atoms in total. The molecule has 2 bridgehead atoms. The first-order chi connectivity index (χ1) is 11.0. The number of hydrogen-bond acceptors (Lipinski definition) is 2. The second kappa shape index (κ2) is 4.96. The van der Waals surface area contributed by atoms with Gasteiger partial charge in [-0.3, -0.25) is 4.90 Å². The third kappa shape index (κ3) is 2.05. The number of benzene rings is 2. The van der Waals surface area contributed by atoms with E-state index in [0.717, 1.165) is 16.5 Å². The fourth-order valence-electron chi connectivity index (χ4n) is 3.72. The summed E-state index contributed by atoms with van der Waals surface area (Å²) < 4.78 is 6.48. The van der Waals surface area contributed by atoms with Crippen molar-refractivity contribution in [3.8, 4) is 5.75 Å². The summed E-state index contributed by atoms with van der Waals surface area (Å²) in [6.07, 6.45) is 0. The van der Waals surface area contributed by atoms with Crippen LogP contribution in [0.4, 0.5) is 5.69 Å². The number of nitrogens with zero attached hydrogens (tertiary/aromatic N) is 1. The van der Waals surface area contributed by atoms with Crippen molar-refractivity contribution in [3.63, 3.8) is 0 Å². The number of ether oxygens (including phenoxy) is 1. The molecule has 118 valence electrons. The van der Waals surface area contributed by atoms with Gasteiger partial charge in [-0.1, -0.05) is 37.3 Å². The maximum atomic E-state index is 6.48. The predicted molar refractivity (Wildman–Crippen MR) is 96.8 cm³/mol. The fourth-order valence-corrected chi connectivity index (χ4v) is 4.13. The van der Waals surface area contributed by atoms with Crippen molar-refractivity contribution < 1.29 is 4.74 Å². The van der Waals surface area contributed by atoms with E-state index >= 15 is 0 Å². The normalized spacial score (nSPS) is 28.7. The number of nitrogens with one attached hydrogen (secondary N) is 1. The monoisotopic (exact) mass is 324 g/mol. The first-order valence-corrected chi connectivity index (χ1v) is 8.37. The molecule has 1 saturated heterocycles. The lowest BCUT2D eigenvalue weighted by Crippen LogP contribution is -2.69. The van der Waals surface area contributed by atoms with E-state index in [1.54, 1.807) is 0 Å². The molecule has 1 fully saturated rings. The average molecular weight is 324 g/mol. The Kier molecular flexibility index (Phi) is 3.13. The van der Waals surface area contributed by atoms with Crippen molar-refractivity contribution in [1.29, 1.82) is 0 Å². The Morgan fingerprint density at radius 3 is 2.74 bits per heavy atom. The van der Waals surface area contributed by atoms with Crippen LogP contribution < -0.4 is 15.0 Å². The van der Waals surface area contributed by atoms with E-state index in [1.165, 1.54) is 11.1 Å². The lowest BCUT2D eigenvalue weighted by Gasteiger charge is -2.56. The van der Waals surface area contributed by atoms with E-state index in [1.807, 2.05) is 12.1 Å². The first-order valence-electron chi connectivity index (χ1n) is 7.96. The molecule has 0 amide bonds. The van der Waals surface area contributed by atoms with Gasteiger partial charge in [0.15, 0.2) is 10.8 Å². The Morgan fingerprint density at radius 2 is 1.96 bits per heavy atom. The summed E-state index contributed by atoms with van der Waals surface area (Å²) in [5.74, 6) is 1.19. The standard InChI is InChI=1S/C19H20N2OS/c1-12-7-6-8-14(11-12)21-18(23)20-17-13(2)19(21,3)22-16-10-5-4-9-15(16)17/h4-11,13,17H,1-3H3,(H,20,23)/t13-,17-,19-/m1/s1. The van der Waals surface area contributed by atoms with Gasteiger partial charge in [0.25, 0.3) is 0 Å². The topological polar surface area (TPSA) is 24.5 Å². The Labute approximate surface area is 142 Å². The summed E-state index contributed by atoms with van der Waals surface area (Å²) in [7, 11) is 0. The number of thiocarbonyl (C=S) groups is 1. The number of rotatable bonds is 1. The Morgan fingerprint density at radius 1 is 1.17 bits per heavy atom. The Hall–Kier alpha value is -2.07. The van der Waals surface area contributed by atoms with Gasteiger partial charge in [-0.05, 0) is 49.8 Å². The van der Waals surface area contributed by atoms with Gasteiger partial charge >= 0.3 is 0 Å². The molecule has 2 aliphatic heterocycles. The number of para-hydroxylation sites is 1. The molecule has 0 saturated carbocycles. The van der Waals surface area contributed by atoms with E-state index in [9.17, 15) is 0 Å². The minimum Gasteiger partial charge on any atom is -0.467 e. The van der Waals surface area contributed by atoms with Crippen LogP contribution in [-0.2, 0) is 0 Å². The molecule has 23 heavy (non-hydrogen) atoms. The highest BCUT2D eigenvalue weighted by atomic mass is 32.1. The van der Waals surface area contributed by atoms with Crippen LogP contribution in [0.1, 0.15) is 31.0 Å². The maximum Gasteiger partial charge on any atom is 0.190 e. The third-order valence-electron chi connectivity index (χ3n) is 5.10. The van der Waals surface area contributed by atoms with Crippen LogP contribution in [0, 0.1) is 12.8 Å². The molecule has 2 aromatic rings. The smallest absolute Gasteiger partial charge is 0.190 e. The molecule has 1 N–H and O–H groups in total. The summed E-state index contributed by atoms with van der Waals surface area (Å²) in [6.45, 7) is 6.45. The fraction of sp³-hybridized carbons (Fsp3) is 0.316. The van der Waals surface area contributed by atoms with Gasteiger partial charge in [-0.2, -0.15) is 0 Å². The van der Waals surface area contributed by atoms with Crippen LogP contribution >= 0.6 is 12.2 Å². The Balaban J connectivity index is 1.87. The zero-order valence-electron chi connectivity index (χ0n) is 13.5. The summed E-state index contributed by atoms with van der Waals surface area (Å²) >= 11 is 5.70. The molecule has 2 heterocycles. The molecular weight excluding hydrogens is 304 g/mol. The van der Waals surface area contributed by atoms with E-state index < -0.39 is 5.72 Å². The number of anilines is 1. The molecule has 0 unspecified atom stereocenters. The largest absolute Gasteiger partial charge is 0.467 e. The lowest BCUT2D eigenvalue weighted by molar-refractivity contribution is -0.00316. The molecular formula is C19H20N2OS. The summed E-state index contributed by atoms with van der Waals surface area (Å²) in [6, 6.07) is 16.8. The quantitative estimate of drug-likeness (QED) is 0.796. The predicted octanol–water partition coefficient (Wildman–Crippen LogP) is 4.18. The van der Waals surface area contributed by atoms with Crippen molar-refractivity contribution in [1.82, 2.24) is 5.32 Å². The van der Waals surface area contributed by atoms with Crippen molar-refractivity contribution >= 4 is 23.0 Å². The van der Waals surface area contributed by atoms with Gasteiger partial charge in [-0.25, -0.2) is 0 Å². The number of aryl methyl sites for hydroxylation is 1. The molecule has 4 rings (SSSR count). The molecule has 4 heteroatoms. The minimum absolute atomic E-state index is 0.179. The molecule has 0 spiro atoms. The average Bonchev–Trinajstić information content (AvgIpc) is 2.50.